The maximum atomic E-state index is 5.86. The topological polar surface area (TPSA) is 45.7 Å². The van der Waals surface area contributed by atoms with Gasteiger partial charge >= 0.3 is 0 Å². The van der Waals surface area contributed by atoms with Crippen LogP contribution in [0.5, 0.6) is 0 Å². The Balaban J connectivity index is 2.18. The molecule has 20 heavy (non-hydrogen) atoms. The summed E-state index contributed by atoms with van der Waals surface area (Å²) in [5, 5.41) is 7.34. The van der Waals surface area contributed by atoms with Gasteiger partial charge in [0.15, 0.2) is 5.96 Å². The molecule has 0 aliphatic heterocycles. The first kappa shape index (κ1) is 16.8. The van der Waals surface area contributed by atoms with E-state index in [0.29, 0.717) is 0 Å². The Bertz CT molecular complexity index is 393. The monoisotopic (exact) mass is 297 g/mol. The van der Waals surface area contributed by atoms with Gasteiger partial charge in [-0.2, -0.15) is 0 Å². The minimum atomic E-state index is 0.737. The van der Waals surface area contributed by atoms with Crippen molar-refractivity contribution in [1.82, 2.24) is 10.6 Å². The Morgan fingerprint density at radius 2 is 1.90 bits per heavy atom. The number of halogens is 1. The van der Waals surface area contributed by atoms with E-state index in [1.165, 1.54) is 5.56 Å². The summed E-state index contributed by atoms with van der Waals surface area (Å²) < 4.78 is 5.02. The summed E-state index contributed by atoms with van der Waals surface area (Å²) >= 11 is 5.86. The quantitative estimate of drug-likeness (QED) is 0.441. The van der Waals surface area contributed by atoms with Crippen molar-refractivity contribution in [3.8, 4) is 0 Å². The number of aliphatic imine (C=N–C) groups is 1. The number of hydrogen-bond acceptors (Lipinski definition) is 2. The van der Waals surface area contributed by atoms with Crippen LogP contribution in [-0.2, 0) is 11.3 Å². The highest BCUT2D eigenvalue weighted by atomic mass is 35.5. The highest BCUT2D eigenvalue weighted by Crippen LogP contribution is 2.08. The van der Waals surface area contributed by atoms with Gasteiger partial charge in [0.2, 0.25) is 0 Å². The third-order valence-electron chi connectivity index (χ3n) is 2.91. The molecule has 0 aliphatic carbocycles. The molecule has 0 amide bonds. The van der Waals surface area contributed by atoms with E-state index in [-0.39, 0.29) is 0 Å². The number of benzene rings is 1. The molecular formula is C15H24ClN3O. The van der Waals surface area contributed by atoms with Crippen LogP contribution >= 0.6 is 11.6 Å². The Morgan fingerprint density at radius 1 is 1.15 bits per heavy atom. The molecule has 5 heteroatoms. The second-order valence-electron chi connectivity index (χ2n) is 4.53. The summed E-state index contributed by atoms with van der Waals surface area (Å²) in [7, 11) is 3.52. The average molecular weight is 298 g/mol. The molecule has 112 valence electrons. The summed E-state index contributed by atoms with van der Waals surface area (Å²) in [6.45, 7) is 2.49. The normalized spacial score (nSPS) is 11.4. The molecule has 0 bridgehead atoms. The van der Waals surface area contributed by atoms with E-state index in [4.69, 9.17) is 16.3 Å². The molecule has 1 aromatic carbocycles. The molecule has 0 heterocycles. The van der Waals surface area contributed by atoms with Crippen LogP contribution in [0.2, 0.25) is 5.02 Å². The zero-order valence-electron chi connectivity index (χ0n) is 12.3. The van der Waals surface area contributed by atoms with Crippen LogP contribution < -0.4 is 10.6 Å². The van der Waals surface area contributed by atoms with Crippen molar-refractivity contribution >= 4 is 17.6 Å². The third kappa shape index (κ3) is 7.36. The van der Waals surface area contributed by atoms with E-state index < -0.39 is 0 Å². The number of rotatable bonds is 8. The highest BCUT2D eigenvalue weighted by Gasteiger charge is 1.98. The van der Waals surface area contributed by atoms with Crippen molar-refractivity contribution in [2.24, 2.45) is 4.99 Å². The van der Waals surface area contributed by atoms with Gasteiger partial charge in [0.05, 0.1) is 0 Å². The molecule has 0 unspecified atom stereocenters. The van der Waals surface area contributed by atoms with E-state index in [9.17, 15) is 0 Å². The minimum Gasteiger partial charge on any atom is -0.385 e. The third-order valence-corrected chi connectivity index (χ3v) is 3.17. The molecule has 0 fully saturated rings. The number of guanidine groups is 1. The van der Waals surface area contributed by atoms with Gasteiger partial charge in [-0.25, -0.2) is 0 Å². The maximum Gasteiger partial charge on any atom is 0.191 e. The van der Waals surface area contributed by atoms with Crippen LogP contribution in [-0.4, -0.2) is 33.3 Å². The number of methoxy groups -OCH3 is 1. The van der Waals surface area contributed by atoms with Gasteiger partial charge in [0, 0.05) is 38.9 Å². The van der Waals surface area contributed by atoms with E-state index in [0.717, 1.165) is 49.9 Å². The minimum absolute atomic E-state index is 0.737. The molecule has 0 radical (unpaired) electrons. The molecule has 0 saturated heterocycles. The van der Waals surface area contributed by atoms with Gasteiger partial charge in [0.25, 0.3) is 0 Å². The number of nitrogens with one attached hydrogen (secondary N) is 2. The fourth-order valence-electron chi connectivity index (χ4n) is 1.76. The van der Waals surface area contributed by atoms with E-state index >= 15 is 0 Å². The summed E-state index contributed by atoms with van der Waals surface area (Å²) in [5.74, 6) is 0.826. The lowest BCUT2D eigenvalue weighted by Crippen LogP contribution is -2.37. The maximum absolute atomic E-state index is 5.86. The summed E-state index contributed by atoms with van der Waals surface area (Å²) in [4.78, 5) is 4.20. The zero-order chi connectivity index (χ0) is 14.6. The standard InChI is InChI=1S/C15H24ClN3O/c1-17-15(18-10-4-3-5-11-20-2)19-12-13-6-8-14(16)9-7-13/h6-9H,3-5,10-12H2,1-2H3,(H2,17,18,19). The number of hydrogen-bond donors (Lipinski definition) is 2. The Hall–Kier alpha value is -1.26. The number of nitrogens with zero attached hydrogens (tertiary/aromatic N) is 1. The number of unbranched alkanes of at least 4 members (excludes halogenated alkanes) is 2. The van der Waals surface area contributed by atoms with Crippen molar-refractivity contribution in [3.05, 3.63) is 34.9 Å². The molecule has 1 rings (SSSR count). The molecule has 0 aromatic heterocycles. The lowest BCUT2D eigenvalue weighted by Gasteiger charge is -2.12. The van der Waals surface area contributed by atoms with Crippen molar-refractivity contribution in [2.45, 2.75) is 25.8 Å². The van der Waals surface area contributed by atoms with Crippen molar-refractivity contribution < 1.29 is 4.74 Å². The van der Waals surface area contributed by atoms with E-state index in [1.807, 2.05) is 24.3 Å². The second-order valence-corrected chi connectivity index (χ2v) is 4.97. The summed E-state index contributed by atoms with van der Waals surface area (Å²) in [5.41, 5.74) is 1.18. The highest BCUT2D eigenvalue weighted by molar-refractivity contribution is 6.30. The van der Waals surface area contributed by atoms with Crippen LogP contribution in [0.3, 0.4) is 0 Å². The molecule has 2 N–H and O–H groups in total. The van der Waals surface area contributed by atoms with Crippen LogP contribution in [0.15, 0.2) is 29.3 Å². The van der Waals surface area contributed by atoms with Crippen LogP contribution in [0.25, 0.3) is 0 Å². The first-order valence-corrected chi connectivity index (χ1v) is 7.32. The van der Waals surface area contributed by atoms with Crippen molar-refractivity contribution in [1.29, 1.82) is 0 Å². The Kier molecular flexibility index (Phi) is 8.83. The van der Waals surface area contributed by atoms with Crippen molar-refractivity contribution in [3.63, 3.8) is 0 Å². The fourth-order valence-corrected chi connectivity index (χ4v) is 1.89. The SMILES string of the molecule is CN=C(NCCCCCOC)NCc1ccc(Cl)cc1. The summed E-state index contributed by atoms with van der Waals surface area (Å²) in [6, 6.07) is 7.80. The van der Waals surface area contributed by atoms with Gasteiger partial charge in [-0.15, -0.1) is 0 Å². The fraction of sp³-hybridized carbons (Fsp3) is 0.533. The van der Waals surface area contributed by atoms with Gasteiger partial charge in [-0.1, -0.05) is 23.7 Å². The average Bonchev–Trinajstić information content (AvgIpc) is 2.47. The first-order valence-electron chi connectivity index (χ1n) is 6.94. The van der Waals surface area contributed by atoms with Crippen LogP contribution in [0, 0.1) is 0 Å². The molecule has 0 spiro atoms. The largest absolute Gasteiger partial charge is 0.385 e. The molecular weight excluding hydrogens is 274 g/mol. The van der Waals surface area contributed by atoms with Crippen LogP contribution in [0.1, 0.15) is 24.8 Å². The van der Waals surface area contributed by atoms with E-state index in [1.54, 1.807) is 14.2 Å². The van der Waals surface area contributed by atoms with Gasteiger partial charge in [-0.3, -0.25) is 4.99 Å². The predicted octanol–water partition coefficient (Wildman–Crippen LogP) is 2.82. The van der Waals surface area contributed by atoms with Gasteiger partial charge < -0.3 is 15.4 Å². The molecule has 0 aliphatic rings. The van der Waals surface area contributed by atoms with Crippen molar-refractivity contribution in [2.75, 3.05) is 27.3 Å². The molecule has 0 atom stereocenters. The lowest BCUT2D eigenvalue weighted by molar-refractivity contribution is 0.192. The van der Waals surface area contributed by atoms with Gasteiger partial charge in [-0.05, 0) is 37.0 Å². The Labute approximate surface area is 126 Å². The van der Waals surface area contributed by atoms with Crippen LogP contribution in [0.4, 0.5) is 0 Å². The smallest absolute Gasteiger partial charge is 0.191 e. The zero-order valence-corrected chi connectivity index (χ0v) is 13.0. The predicted molar refractivity (Wildman–Crippen MR) is 85.4 cm³/mol. The Morgan fingerprint density at radius 3 is 2.55 bits per heavy atom. The lowest BCUT2D eigenvalue weighted by atomic mass is 10.2. The molecule has 4 nitrogen and oxygen atoms in total. The van der Waals surface area contributed by atoms with E-state index in [2.05, 4.69) is 15.6 Å². The summed E-state index contributed by atoms with van der Waals surface area (Å²) in [6.07, 6.45) is 3.38. The second kappa shape index (κ2) is 10.5. The first-order chi connectivity index (χ1) is 9.76. The molecule has 0 saturated carbocycles. The molecule has 1 aromatic rings. The van der Waals surface area contributed by atoms with Gasteiger partial charge in [0.1, 0.15) is 0 Å². The number of ether oxygens (including phenoxy) is 1.